The standard InChI is InChI=1S/C14H18N4O/c1-15-14(17-11-13-8-10-19-18-13)16-9-7-12-5-3-2-4-6-12/h2-6,8,10H,7,9,11H2,1H3,(H2,15,16,17). The van der Waals surface area contributed by atoms with E-state index in [0.717, 1.165) is 24.6 Å². The Labute approximate surface area is 112 Å². The Bertz CT molecular complexity index is 493. The van der Waals surface area contributed by atoms with Crippen LogP contribution in [0.2, 0.25) is 0 Å². The van der Waals surface area contributed by atoms with Gasteiger partial charge in [-0.3, -0.25) is 4.99 Å². The van der Waals surface area contributed by atoms with E-state index in [2.05, 4.69) is 32.9 Å². The van der Waals surface area contributed by atoms with Gasteiger partial charge < -0.3 is 15.2 Å². The second-order valence-electron chi connectivity index (χ2n) is 4.08. The van der Waals surface area contributed by atoms with Gasteiger partial charge in [0.1, 0.15) is 12.0 Å². The van der Waals surface area contributed by atoms with Crippen molar-refractivity contribution in [2.75, 3.05) is 13.6 Å². The zero-order valence-corrected chi connectivity index (χ0v) is 11.0. The Kier molecular flexibility index (Phi) is 4.98. The zero-order valence-electron chi connectivity index (χ0n) is 11.0. The normalized spacial score (nSPS) is 11.3. The maximum atomic E-state index is 4.77. The van der Waals surface area contributed by atoms with Crippen LogP contribution in [0.15, 0.2) is 52.2 Å². The van der Waals surface area contributed by atoms with Crippen LogP contribution in [-0.2, 0) is 13.0 Å². The summed E-state index contributed by atoms with van der Waals surface area (Å²) in [6.45, 7) is 1.43. The number of benzene rings is 1. The first-order valence-electron chi connectivity index (χ1n) is 6.26. The lowest BCUT2D eigenvalue weighted by molar-refractivity contribution is 0.410. The number of guanidine groups is 1. The molecule has 1 heterocycles. The maximum Gasteiger partial charge on any atom is 0.191 e. The molecule has 19 heavy (non-hydrogen) atoms. The SMILES string of the molecule is CN=C(NCCc1ccccc1)NCc1ccon1. The third-order valence-electron chi connectivity index (χ3n) is 2.70. The highest BCUT2D eigenvalue weighted by Crippen LogP contribution is 1.98. The van der Waals surface area contributed by atoms with Crippen LogP contribution in [0, 0.1) is 0 Å². The highest BCUT2D eigenvalue weighted by atomic mass is 16.5. The molecule has 0 amide bonds. The Morgan fingerprint density at radius 3 is 2.74 bits per heavy atom. The number of hydrogen-bond acceptors (Lipinski definition) is 3. The minimum absolute atomic E-state index is 0.599. The fourth-order valence-electron chi connectivity index (χ4n) is 1.69. The fourth-order valence-corrected chi connectivity index (χ4v) is 1.69. The predicted octanol–water partition coefficient (Wildman–Crippen LogP) is 1.58. The van der Waals surface area contributed by atoms with Gasteiger partial charge in [0.15, 0.2) is 5.96 Å². The second-order valence-corrected chi connectivity index (χ2v) is 4.08. The van der Waals surface area contributed by atoms with Gasteiger partial charge >= 0.3 is 0 Å². The molecule has 1 aromatic carbocycles. The molecule has 0 fully saturated rings. The fraction of sp³-hybridized carbons (Fsp3) is 0.286. The van der Waals surface area contributed by atoms with E-state index >= 15 is 0 Å². The van der Waals surface area contributed by atoms with Crippen molar-refractivity contribution in [3.63, 3.8) is 0 Å². The van der Waals surface area contributed by atoms with E-state index in [9.17, 15) is 0 Å². The molecular formula is C14H18N4O. The third-order valence-corrected chi connectivity index (χ3v) is 2.70. The Morgan fingerprint density at radius 1 is 1.21 bits per heavy atom. The van der Waals surface area contributed by atoms with Crippen LogP contribution >= 0.6 is 0 Å². The number of hydrogen-bond donors (Lipinski definition) is 2. The summed E-state index contributed by atoms with van der Waals surface area (Å²) in [4.78, 5) is 4.15. The minimum atomic E-state index is 0.599. The van der Waals surface area contributed by atoms with E-state index in [1.54, 1.807) is 13.3 Å². The molecular weight excluding hydrogens is 240 g/mol. The molecule has 0 spiro atoms. The first kappa shape index (κ1) is 13.1. The van der Waals surface area contributed by atoms with Crippen molar-refractivity contribution in [3.8, 4) is 0 Å². The molecule has 0 unspecified atom stereocenters. The summed E-state index contributed by atoms with van der Waals surface area (Å²) in [5.41, 5.74) is 2.16. The van der Waals surface area contributed by atoms with Crippen molar-refractivity contribution < 1.29 is 4.52 Å². The van der Waals surface area contributed by atoms with Gasteiger partial charge in [0.2, 0.25) is 0 Å². The number of aliphatic imine (C=N–C) groups is 1. The first-order valence-corrected chi connectivity index (χ1v) is 6.26. The summed E-state index contributed by atoms with van der Waals surface area (Å²) in [7, 11) is 1.75. The summed E-state index contributed by atoms with van der Waals surface area (Å²) in [6, 6.07) is 12.2. The monoisotopic (exact) mass is 258 g/mol. The van der Waals surface area contributed by atoms with E-state index in [0.29, 0.717) is 6.54 Å². The number of aromatic nitrogens is 1. The van der Waals surface area contributed by atoms with Crippen LogP contribution in [0.1, 0.15) is 11.3 Å². The molecule has 100 valence electrons. The molecule has 0 aliphatic heterocycles. The first-order chi connectivity index (χ1) is 9.38. The quantitative estimate of drug-likeness (QED) is 0.631. The topological polar surface area (TPSA) is 62.5 Å². The molecule has 2 rings (SSSR count). The van der Waals surface area contributed by atoms with Crippen LogP contribution in [0.5, 0.6) is 0 Å². The van der Waals surface area contributed by atoms with E-state index in [1.165, 1.54) is 5.56 Å². The van der Waals surface area contributed by atoms with Gasteiger partial charge in [0, 0.05) is 19.7 Å². The van der Waals surface area contributed by atoms with Gasteiger partial charge in [-0.1, -0.05) is 35.5 Å². The molecule has 0 aliphatic carbocycles. The van der Waals surface area contributed by atoms with Gasteiger partial charge in [-0.2, -0.15) is 0 Å². The molecule has 0 bridgehead atoms. The van der Waals surface area contributed by atoms with Gasteiger partial charge in [-0.25, -0.2) is 0 Å². The molecule has 2 aromatic rings. The van der Waals surface area contributed by atoms with Crippen LogP contribution in [0.3, 0.4) is 0 Å². The third kappa shape index (κ3) is 4.46. The van der Waals surface area contributed by atoms with Crippen molar-refractivity contribution in [2.24, 2.45) is 4.99 Å². The van der Waals surface area contributed by atoms with Crippen molar-refractivity contribution in [1.82, 2.24) is 15.8 Å². The highest BCUT2D eigenvalue weighted by molar-refractivity contribution is 5.79. The van der Waals surface area contributed by atoms with Gasteiger partial charge in [0.05, 0.1) is 6.54 Å². The predicted molar refractivity (Wildman–Crippen MR) is 74.9 cm³/mol. The zero-order chi connectivity index (χ0) is 13.3. The van der Waals surface area contributed by atoms with Crippen LogP contribution in [0.4, 0.5) is 0 Å². The molecule has 0 saturated heterocycles. The van der Waals surface area contributed by atoms with E-state index in [1.807, 2.05) is 24.3 Å². The Morgan fingerprint density at radius 2 is 2.05 bits per heavy atom. The summed E-state index contributed by atoms with van der Waals surface area (Å²) in [6.07, 6.45) is 2.52. The van der Waals surface area contributed by atoms with Crippen molar-refractivity contribution in [1.29, 1.82) is 0 Å². The molecule has 5 heteroatoms. The summed E-state index contributed by atoms with van der Waals surface area (Å²) in [5, 5.41) is 10.3. The molecule has 0 atom stereocenters. The summed E-state index contributed by atoms with van der Waals surface area (Å²) >= 11 is 0. The van der Waals surface area contributed by atoms with Crippen LogP contribution < -0.4 is 10.6 Å². The van der Waals surface area contributed by atoms with Gasteiger partial charge in [-0.05, 0) is 12.0 Å². The van der Waals surface area contributed by atoms with Crippen molar-refractivity contribution in [2.45, 2.75) is 13.0 Å². The molecule has 5 nitrogen and oxygen atoms in total. The van der Waals surface area contributed by atoms with Crippen molar-refractivity contribution in [3.05, 3.63) is 53.9 Å². The smallest absolute Gasteiger partial charge is 0.191 e. The molecule has 0 radical (unpaired) electrons. The summed E-state index contributed by atoms with van der Waals surface area (Å²) < 4.78 is 4.77. The maximum absolute atomic E-state index is 4.77. The summed E-state index contributed by atoms with van der Waals surface area (Å²) in [5.74, 6) is 0.763. The van der Waals surface area contributed by atoms with Gasteiger partial charge in [0.25, 0.3) is 0 Å². The van der Waals surface area contributed by atoms with E-state index in [4.69, 9.17) is 4.52 Å². The highest BCUT2D eigenvalue weighted by Gasteiger charge is 2.00. The number of nitrogens with zero attached hydrogens (tertiary/aromatic N) is 2. The van der Waals surface area contributed by atoms with Crippen LogP contribution in [0.25, 0.3) is 0 Å². The average Bonchev–Trinajstić information content (AvgIpc) is 2.97. The minimum Gasteiger partial charge on any atom is -0.364 e. The Balaban J connectivity index is 1.71. The Hall–Kier alpha value is -2.30. The molecule has 0 saturated carbocycles. The lowest BCUT2D eigenvalue weighted by atomic mass is 10.1. The lowest BCUT2D eigenvalue weighted by Gasteiger charge is -2.10. The molecule has 0 aliphatic rings. The number of rotatable bonds is 5. The number of nitrogens with one attached hydrogen (secondary N) is 2. The van der Waals surface area contributed by atoms with Gasteiger partial charge in [-0.15, -0.1) is 0 Å². The van der Waals surface area contributed by atoms with E-state index < -0.39 is 0 Å². The van der Waals surface area contributed by atoms with Crippen LogP contribution in [-0.4, -0.2) is 24.7 Å². The van der Waals surface area contributed by atoms with Crippen molar-refractivity contribution >= 4 is 5.96 Å². The average molecular weight is 258 g/mol. The van der Waals surface area contributed by atoms with E-state index in [-0.39, 0.29) is 0 Å². The second kappa shape index (κ2) is 7.20. The molecule has 1 aromatic heterocycles. The largest absolute Gasteiger partial charge is 0.364 e. The molecule has 2 N–H and O–H groups in total. The lowest BCUT2D eigenvalue weighted by Crippen LogP contribution is -2.37.